The van der Waals surface area contributed by atoms with Crippen LogP contribution in [-0.4, -0.2) is 93.6 Å². The number of nitriles is 1. The maximum Gasteiger partial charge on any atom is 0.258 e. The minimum absolute atomic E-state index is 0.122. The van der Waals surface area contributed by atoms with Crippen molar-refractivity contribution in [3.05, 3.63) is 71.5 Å². The third kappa shape index (κ3) is 6.41. The predicted octanol–water partition coefficient (Wildman–Crippen LogP) is 2.09. The zero-order valence-electron chi connectivity index (χ0n) is 24.2. The van der Waals surface area contributed by atoms with Crippen LogP contribution in [0, 0.1) is 11.3 Å². The Labute approximate surface area is 250 Å². The number of nitrogens with one attached hydrogen (secondary N) is 1. The van der Waals surface area contributed by atoms with Crippen molar-refractivity contribution in [3.8, 4) is 22.9 Å². The van der Waals surface area contributed by atoms with Crippen molar-refractivity contribution in [3.63, 3.8) is 0 Å². The highest BCUT2D eigenvalue weighted by atomic mass is 16.5. The highest BCUT2D eigenvalue weighted by molar-refractivity contribution is 6.00. The first-order chi connectivity index (χ1) is 20.9. The van der Waals surface area contributed by atoms with E-state index in [0.29, 0.717) is 68.9 Å². The summed E-state index contributed by atoms with van der Waals surface area (Å²) in [4.78, 5) is 31.6. The number of carbonyl (C=O) groups excluding carboxylic acids is 2. The van der Waals surface area contributed by atoms with Gasteiger partial charge in [-0.15, -0.1) is 0 Å². The first-order valence-corrected chi connectivity index (χ1v) is 14.8. The lowest BCUT2D eigenvalue weighted by atomic mass is 9.98. The SMILES string of the molecule is Cn1cc(-c2ccc3c(c2)OCC[C@@H]2CC[C@H](O)[C@@H](CNC(=O)[C@@H]4CN(Cc5ccc(C#N)cc5)CCN4C3=O)O2)cn1. The molecule has 2 N–H and O–H groups in total. The molecule has 224 valence electrons. The summed E-state index contributed by atoms with van der Waals surface area (Å²) in [5.74, 6) is -0.100. The number of aliphatic hydroxyl groups is 1. The second-order valence-electron chi connectivity index (χ2n) is 11.5. The molecule has 3 aromatic rings. The molecule has 4 atom stereocenters. The molecule has 0 radical (unpaired) electrons. The largest absolute Gasteiger partial charge is 0.493 e. The first kappa shape index (κ1) is 28.9. The number of aromatic nitrogens is 2. The summed E-state index contributed by atoms with van der Waals surface area (Å²) < 4.78 is 14.2. The summed E-state index contributed by atoms with van der Waals surface area (Å²) in [5.41, 5.74) is 3.79. The van der Waals surface area contributed by atoms with E-state index < -0.39 is 18.2 Å². The number of hydrogen-bond acceptors (Lipinski definition) is 8. The van der Waals surface area contributed by atoms with Crippen LogP contribution in [0.25, 0.3) is 11.1 Å². The number of amides is 2. The van der Waals surface area contributed by atoms with Gasteiger partial charge in [-0.1, -0.05) is 18.2 Å². The summed E-state index contributed by atoms with van der Waals surface area (Å²) in [7, 11) is 1.85. The summed E-state index contributed by atoms with van der Waals surface area (Å²) in [6.07, 6.45) is 4.21. The fourth-order valence-corrected chi connectivity index (χ4v) is 6.08. The number of rotatable bonds is 3. The molecule has 0 spiro atoms. The van der Waals surface area contributed by atoms with Crippen molar-refractivity contribution in [2.75, 3.05) is 32.8 Å². The number of aliphatic hydroxyl groups excluding tert-OH is 1. The summed E-state index contributed by atoms with van der Waals surface area (Å²) in [6, 6.07) is 14.3. The maximum absolute atomic E-state index is 14.2. The van der Waals surface area contributed by atoms with Gasteiger partial charge in [0.15, 0.2) is 0 Å². The lowest BCUT2D eigenvalue weighted by Gasteiger charge is -2.41. The highest BCUT2D eigenvalue weighted by Crippen LogP contribution is 2.31. The molecule has 2 amide bonds. The number of nitrogens with zero attached hydrogens (tertiary/aromatic N) is 5. The maximum atomic E-state index is 14.2. The molecule has 2 fully saturated rings. The van der Waals surface area contributed by atoms with Crippen molar-refractivity contribution in [1.29, 1.82) is 5.26 Å². The molecule has 11 heteroatoms. The van der Waals surface area contributed by atoms with Gasteiger partial charge >= 0.3 is 0 Å². The van der Waals surface area contributed by atoms with E-state index in [-0.39, 0.29) is 24.5 Å². The number of piperazine rings is 1. The highest BCUT2D eigenvalue weighted by Gasteiger charge is 2.38. The monoisotopic (exact) mass is 584 g/mol. The Morgan fingerprint density at radius 2 is 1.93 bits per heavy atom. The summed E-state index contributed by atoms with van der Waals surface area (Å²) >= 11 is 0. The van der Waals surface area contributed by atoms with Gasteiger partial charge in [-0.3, -0.25) is 19.2 Å². The molecule has 6 rings (SSSR count). The van der Waals surface area contributed by atoms with Crippen molar-refractivity contribution >= 4 is 11.8 Å². The topological polar surface area (TPSA) is 133 Å². The molecule has 1 aromatic heterocycles. The Kier molecular flexibility index (Phi) is 8.42. The van der Waals surface area contributed by atoms with E-state index in [2.05, 4.69) is 21.4 Å². The van der Waals surface area contributed by atoms with E-state index in [4.69, 9.17) is 14.7 Å². The molecule has 43 heavy (non-hydrogen) atoms. The standard InChI is InChI=1S/C32H36N6O5/c1-36-19-24(16-35-36)23-6-8-26-29(14-23)42-13-10-25-7-9-28(39)30(43-25)17-34-31(40)27-20-37(11-12-38(27)32(26)41)18-22-4-2-21(15-33)3-5-22/h2-6,8,14,16,19,25,27-28,30,39H,7,9-13,17-18,20H2,1H3,(H,34,40)/t25-,27-,28-,30+/m0/s1. The summed E-state index contributed by atoms with van der Waals surface area (Å²) in [5, 5.41) is 27.0. The molecule has 3 aliphatic rings. The zero-order chi connectivity index (χ0) is 29.9. The van der Waals surface area contributed by atoms with Gasteiger partial charge in [0, 0.05) is 58.0 Å². The van der Waals surface area contributed by atoms with Gasteiger partial charge < -0.3 is 24.8 Å². The van der Waals surface area contributed by atoms with Gasteiger partial charge in [0.25, 0.3) is 5.91 Å². The Morgan fingerprint density at radius 3 is 2.70 bits per heavy atom. The minimum Gasteiger partial charge on any atom is -0.493 e. The minimum atomic E-state index is -0.759. The zero-order valence-corrected chi connectivity index (χ0v) is 24.2. The van der Waals surface area contributed by atoms with Crippen LogP contribution in [0.15, 0.2) is 54.9 Å². The Morgan fingerprint density at radius 1 is 1.09 bits per heavy atom. The van der Waals surface area contributed by atoms with Crippen LogP contribution in [0.3, 0.4) is 0 Å². The molecule has 0 aliphatic carbocycles. The van der Waals surface area contributed by atoms with Crippen molar-refractivity contribution < 1.29 is 24.2 Å². The van der Waals surface area contributed by atoms with Crippen molar-refractivity contribution in [1.82, 2.24) is 24.9 Å². The molecule has 11 nitrogen and oxygen atoms in total. The first-order valence-electron chi connectivity index (χ1n) is 14.8. The van der Waals surface area contributed by atoms with Crippen LogP contribution >= 0.6 is 0 Å². The Hall–Kier alpha value is -4.24. The lowest BCUT2D eigenvalue weighted by Crippen LogP contribution is -2.61. The average Bonchev–Trinajstić information content (AvgIpc) is 3.46. The fourth-order valence-electron chi connectivity index (χ4n) is 6.08. The third-order valence-corrected chi connectivity index (χ3v) is 8.52. The van der Waals surface area contributed by atoms with E-state index in [9.17, 15) is 14.7 Å². The van der Waals surface area contributed by atoms with Crippen molar-refractivity contribution in [2.24, 2.45) is 7.05 Å². The Balaban J connectivity index is 1.30. The van der Waals surface area contributed by atoms with E-state index in [1.165, 1.54) is 0 Å². The number of benzene rings is 2. The van der Waals surface area contributed by atoms with Gasteiger partial charge in [-0.25, -0.2) is 0 Å². The fraction of sp³-hybridized carbons (Fsp3) is 0.438. The van der Waals surface area contributed by atoms with Crippen LogP contribution in [0.2, 0.25) is 0 Å². The number of hydrogen-bond donors (Lipinski definition) is 2. The van der Waals surface area contributed by atoms with Crippen LogP contribution in [0.4, 0.5) is 0 Å². The third-order valence-electron chi connectivity index (χ3n) is 8.52. The van der Waals surface area contributed by atoms with Crippen LogP contribution in [-0.2, 0) is 23.1 Å². The molecule has 3 aliphatic heterocycles. The van der Waals surface area contributed by atoms with Crippen LogP contribution in [0.1, 0.15) is 40.7 Å². The smallest absolute Gasteiger partial charge is 0.258 e. The quantitative estimate of drug-likeness (QED) is 0.478. The molecule has 2 saturated heterocycles. The van der Waals surface area contributed by atoms with Gasteiger partial charge in [0.1, 0.15) is 17.9 Å². The van der Waals surface area contributed by atoms with Gasteiger partial charge in [0.2, 0.25) is 5.91 Å². The number of aryl methyl sites for hydroxylation is 1. The molecule has 2 bridgehead atoms. The number of carbonyl (C=O) groups is 2. The van der Waals surface area contributed by atoms with E-state index in [1.54, 1.807) is 34.0 Å². The van der Waals surface area contributed by atoms with Gasteiger partial charge in [-0.05, 0) is 48.2 Å². The number of fused-ring (bicyclic) bond motifs is 4. The number of ether oxygens (including phenoxy) is 2. The molecular weight excluding hydrogens is 548 g/mol. The molecular formula is C32H36N6O5. The second kappa shape index (κ2) is 12.6. The molecule has 0 unspecified atom stereocenters. The summed E-state index contributed by atoms with van der Waals surface area (Å²) in [6.45, 7) is 2.35. The van der Waals surface area contributed by atoms with Crippen molar-refractivity contribution in [2.45, 2.75) is 50.2 Å². The van der Waals surface area contributed by atoms with Gasteiger partial charge in [0.05, 0.1) is 42.2 Å². The molecule has 4 heterocycles. The van der Waals surface area contributed by atoms with Crippen LogP contribution in [0.5, 0.6) is 5.75 Å². The van der Waals surface area contributed by atoms with Gasteiger partial charge in [-0.2, -0.15) is 10.4 Å². The van der Waals surface area contributed by atoms with E-state index >= 15 is 0 Å². The average molecular weight is 585 g/mol. The molecule has 0 saturated carbocycles. The van der Waals surface area contributed by atoms with E-state index in [0.717, 1.165) is 16.7 Å². The normalized spacial score (nSPS) is 25.0. The molecule has 2 aromatic carbocycles. The Bertz CT molecular complexity index is 1520. The predicted molar refractivity (Wildman–Crippen MR) is 157 cm³/mol. The second-order valence-corrected chi connectivity index (χ2v) is 11.5. The van der Waals surface area contributed by atoms with Crippen LogP contribution < -0.4 is 10.1 Å². The van der Waals surface area contributed by atoms with E-state index in [1.807, 2.05) is 37.5 Å². The lowest BCUT2D eigenvalue weighted by molar-refractivity contribution is -0.135.